The monoisotopic (exact) mass is 367 g/mol. The third kappa shape index (κ3) is 3.90. The van der Waals surface area contributed by atoms with Gasteiger partial charge in [0.2, 0.25) is 5.91 Å². The number of benzene rings is 1. The van der Waals surface area contributed by atoms with Crippen LogP contribution in [0.1, 0.15) is 38.3 Å². The molecule has 1 amide bonds. The summed E-state index contributed by atoms with van der Waals surface area (Å²) < 4.78 is 0. The van der Waals surface area contributed by atoms with Crippen LogP contribution in [0, 0.1) is 6.92 Å². The molecule has 144 valence electrons. The van der Waals surface area contributed by atoms with Crippen molar-refractivity contribution in [2.45, 2.75) is 51.6 Å². The van der Waals surface area contributed by atoms with Crippen LogP contribution in [0.15, 0.2) is 24.3 Å². The highest BCUT2D eigenvalue weighted by Gasteiger charge is 2.28. The Bertz CT molecular complexity index is 809. The zero-order valence-corrected chi connectivity index (χ0v) is 16.3. The molecule has 1 aromatic heterocycles. The number of para-hydroxylation sites is 2. The van der Waals surface area contributed by atoms with Crippen LogP contribution in [-0.2, 0) is 4.79 Å². The summed E-state index contributed by atoms with van der Waals surface area (Å²) in [6, 6.07) is 8.32. The molecule has 1 aliphatic heterocycles. The van der Waals surface area contributed by atoms with Crippen LogP contribution in [0.4, 0.5) is 5.82 Å². The van der Waals surface area contributed by atoms with Gasteiger partial charge in [0.05, 0.1) is 22.8 Å². The van der Waals surface area contributed by atoms with E-state index in [2.05, 4.69) is 15.1 Å². The first kappa shape index (κ1) is 18.2. The predicted molar refractivity (Wildman–Crippen MR) is 108 cm³/mol. The van der Waals surface area contributed by atoms with E-state index in [9.17, 15) is 4.79 Å². The van der Waals surface area contributed by atoms with Gasteiger partial charge in [-0.05, 0) is 38.8 Å². The average Bonchev–Trinajstić information content (AvgIpc) is 3.20. The zero-order chi connectivity index (χ0) is 18.8. The van der Waals surface area contributed by atoms with Gasteiger partial charge in [-0.15, -0.1) is 0 Å². The first-order chi connectivity index (χ1) is 13.1. The number of anilines is 1. The number of hydrogen-bond acceptors (Lipinski definition) is 5. The van der Waals surface area contributed by atoms with Gasteiger partial charge in [-0.3, -0.25) is 9.69 Å². The van der Waals surface area contributed by atoms with Crippen molar-refractivity contribution in [2.75, 3.05) is 31.1 Å². The Hall–Kier alpha value is -2.21. The van der Waals surface area contributed by atoms with Crippen LogP contribution in [0.3, 0.4) is 0 Å². The van der Waals surface area contributed by atoms with Crippen molar-refractivity contribution in [1.82, 2.24) is 20.2 Å². The molecule has 1 saturated carbocycles. The highest BCUT2D eigenvalue weighted by atomic mass is 16.2. The van der Waals surface area contributed by atoms with E-state index in [-0.39, 0.29) is 11.9 Å². The molecule has 2 aromatic rings. The molecule has 0 bridgehead atoms. The Morgan fingerprint density at radius 3 is 2.37 bits per heavy atom. The maximum Gasteiger partial charge on any atom is 0.237 e. The molecule has 2 fully saturated rings. The predicted octanol–water partition coefficient (Wildman–Crippen LogP) is 2.51. The summed E-state index contributed by atoms with van der Waals surface area (Å²) in [6.45, 7) is 7.53. The number of carbonyl (C=O) groups excluding carboxylic acids is 1. The molecule has 1 N–H and O–H groups in total. The largest absolute Gasteiger partial charge is 0.353 e. The van der Waals surface area contributed by atoms with Gasteiger partial charge in [0.25, 0.3) is 0 Å². The lowest BCUT2D eigenvalue weighted by atomic mass is 10.2. The Morgan fingerprint density at radius 2 is 1.70 bits per heavy atom. The second kappa shape index (κ2) is 7.80. The van der Waals surface area contributed by atoms with E-state index in [0.29, 0.717) is 6.04 Å². The number of piperazine rings is 1. The van der Waals surface area contributed by atoms with Crippen molar-refractivity contribution >= 4 is 22.8 Å². The summed E-state index contributed by atoms with van der Waals surface area (Å²) in [7, 11) is 0. The number of hydrogen-bond donors (Lipinski definition) is 1. The topological polar surface area (TPSA) is 61.4 Å². The molecular formula is C21H29N5O. The van der Waals surface area contributed by atoms with Gasteiger partial charge < -0.3 is 10.2 Å². The maximum absolute atomic E-state index is 12.6. The number of aryl methyl sites for hydroxylation is 1. The molecule has 0 spiro atoms. The number of fused-ring (bicyclic) bond motifs is 1. The van der Waals surface area contributed by atoms with Crippen LogP contribution >= 0.6 is 0 Å². The molecule has 0 radical (unpaired) electrons. The Kier molecular flexibility index (Phi) is 5.25. The van der Waals surface area contributed by atoms with Crippen LogP contribution in [0.2, 0.25) is 0 Å². The lowest BCUT2D eigenvalue weighted by Crippen LogP contribution is -2.55. The van der Waals surface area contributed by atoms with E-state index < -0.39 is 0 Å². The fourth-order valence-electron chi connectivity index (χ4n) is 4.26. The summed E-state index contributed by atoms with van der Waals surface area (Å²) in [4.78, 5) is 26.7. The molecule has 4 rings (SSSR count). The maximum atomic E-state index is 12.6. The van der Waals surface area contributed by atoms with Crippen LogP contribution in [-0.4, -0.2) is 59.0 Å². The fourth-order valence-corrected chi connectivity index (χ4v) is 4.26. The molecule has 1 saturated heterocycles. The quantitative estimate of drug-likeness (QED) is 0.900. The fraction of sp³-hybridized carbons (Fsp3) is 0.571. The molecule has 6 nitrogen and oxygen atoms in total. The lowest BCUT2D eigenvalue weighted by molar-refractivity contribution is -0.126. The normalized spacial score (nSPS) is 20.1. The van der Waals surface area contributed by atoms with Crippen molar-refractivity contribution in [3.05, 3.63) is 30.0 Å². The summed E-state index contributed by atoms with van der Waals surface area (Å²) in [5.74, 6) is 1.15. The number of nitrogens with one attached hydrogen (secondary N) is 1. The molecule has 1 unspecified atom stereocenters. The third-order valence-electron chi connectivity index (χ3n) is 5.96. The number of rotatable bonds is 4. The lowest BCUT2D eigenvalue weighted by Gasteiger charge is -2.38. The van der Waals surface area contributed by atoms with Crippen molar-refractivity contribution < 1.29 is 4.79 Å². The van der Waals surface area contributed by atoms with Crippen molar-refractivity contribution in [1.29, 1.82) is 0 Å². The average molecular weight is 367 g/mol. The highest BCUT2D eigenvalue weighted by Crippen LogP contribution is 2.22. The minimum Gasteiger partial charge on any atom is -0.353 e. The Balaban J connectivity index is 1.38. The number of amides is 1. The van der Waals surface area contributed by atoms with Gasteiger partial charge in [-0.1, -0.05) is 25.0 Å². The molecule has 1 aromatic carbocycles. The van der Waals surface area contributed by atoms with Crippen molar-refractivity contribution in [3.8, 4) is 0 Å². The molecule has 1 aliphatic carbocycles. The molecule has 27 heavy (non-hydrogen) atoms. The molecule has 6 heteroatoms. The van der Waals surface area contributed by atoms with Gasteiger partial charge in [-0.2, -0.15) is 0 Å². The first-order valence-electron chi connectivity index (χ1n) is 10.1. The smallest absolute Gasteiger partial charge is 0.237 e. The van der Waals surface area contributed by atoms with E-state index >= 15 is 0 Å². The zero-order valence-electron chi connectivity index (χ0n) is 16.3. The third-order valence-corrected chi connectivity index (χ3v) is 5.96. The minimum absolute atomic E-state index is 0.0727. The van der Waals surface area contributed by atoms with Gasteiger partial charge in [-0.25, -0.2) is 9.97 Å². The summed E-state index contributed by atoms with van der Waals surface area (Å²) in [5, 5.41) is 3.23. The summed E-state index contributed by atoms with van der Waals surface area (Å²) >= 11 is 0. The first-order valence-corrected chi connectivity index (χ1v) is 10.1. The van der Waals surface area contributed by atoms with E-state index in [0.717, 1.165) is 61.6 Å². The molecule has 1 atom stereocenters. The van der Waals surface area contributed by atoms with Crippen LogP contribution in [0.25, 0.3) is 11.0 Å². The summed E-state index contributed by atoms with van der Waals surface area (Å²) in [5.41, 5.74) is 2.84. The SMILES string of the molecule is Cc1nc2ccccc2nc1N1CCN(C(C)C(=O)NC2CCCC2)CC1. The Labute approximate surface area is 161 Å². The van der Waals surface area contributed by atoms with Crippen LogP contribution in [0.5, 0.6) is 0 Å². The van der Waals surface area contributed by atoms with E-state index in [1.165, 1.54) is 12.8 Å². The van der Waals surface area contributed by atoms with Crippen LogP contribution < -0.4 is 10.2 Å². The molecule has 2 heterocycles. The van der Waals surface area contributed by atoms with Gasteiger partial charge in [0, 0.05) is 32.2 Å². The van der Waals surface area contributed by atoms with Gasteiger partial charge >= 0.3 is 0 Å². The summed E-state index contributed by atoms with van der Waals surface area (Å²) in [6.07, 6.45) is 4.74. The standard InChI is InChI=1S/C21H29N5O/c1-15-20(24-19-10-6-5-9-18(19)22-15)26-13-11-25(12-14-26)16(2)21(27)23-17-7-3-4-8-17/h5-6,9-10,16-17H,3-4,7-8,11-14H2,1-2H3,(H,23,27). The highest BCUT2D eigenvalue weighted by molar-refractivity contribution is 5.81. The van der Waals surface area contributed by atoms with Gasteiger partial charge in [0.15, 0.2) is 5.82 Å². The van der Waals surface area contributed by atoms with Gasteiger partial charge in [0.1, 0.15) is 0 Å². The van der Waals surface area contributed by atoms with E-state index in [1.54, 1.807) is 0 Å². The van der Waals surface area contributed by atoms with Crippen molar-refractivity contribution in [3.63, 3.8) is 0 Å². The molecular weight excluding hydrogens is 338 g/mol. The molecule has 2 aliphatic rings. The van der Waals surface area contributed by atoms with E-state index in [1.807, 2.05) is 38.1 Å². The minimum atomic E-state index is -0.0727. The Morgan fingerprint density at radius 1 is 1.07 bits per heavy atom. The van der Waals surface area contributed by atoms with Crippen molar-refractivity contribution in [2.24, 2.45) is 0 Å². The second-order valence-electron chi connectivity index (χ2n) is 7.81. The number of carbonyl (C=O) groups is 1. The number of nitrogens with zero attached hydrogens (tertiary/aromatic N) is 4. The van der Waals surface area contributed by atoms with E-state index in [4.69, 9.17) is 9.97 Å². The second-order valence-corrected chi connectivity index (χ2v) is 7.81. The number of aromatic nitrogens is 2.